The van der Waals surface area contributed by atoms with Crippen LogP contribution in [-0.4, -0.2) is 29.0 Å². The summed E-state index contributed by atoms with van der Waals surface area (Å²) < 4.78 is 0. The molecule has 1 aromatic carbocycles. The van der Waals surface area contributed by atoms with Crippen LogP contribution in [0, 0.1) is 0 Å². The molecule has 2 N–H and O–H groups in total. The van der Waals surface area contributed by atoms with E-state index in [4.69, 9.17) is 23.8 Å². The Morgan fingerprint density at radius 2 is 1.93 bits per heavy atom. The Kier molecular flexibility index (Phi) is 5.32. The number of rotatable bonds is 3. The predicted octanol–water partition coefficient (Wildman–Crippen LogP) is 3.76. The molecule has 2 aliphatic rings. The van der Waals surface area contributed by atoms with Crippen molar-refractivity contribution in [2.45, 2.75) is 52.0 Å². The summed E-state index contributed by atoms with van der Waals surface area (Å²) in [7, 11) is 0. The predicted molar refractivity (Wildman–Crippen MR) is 113 cm³/mol. The molecule has 1 saturated heterocycles. The standard InChI is InChI=1S/C20H24ClN3O2S/c1-5-6-24-16-9-15(21)12(7-13(16)11(2)10-20(24,3)4)8-14-17(25)22-19(27)23-18(14)26/h7-9,11H,5-6,10H2,1-4H3,(H2,22,23,25,26,27). The molecule has 3 rings (SSSR count). The molecular formula is C20H24ClN3O2S. The van der Waals surface area contributed by atoms with Crippen molar-refractivity contribution in [3.8, 4) is 0 Å². The van der Waals surface area contributed by atoms with Crippen molar-refractivity contribution in [2.24, 2.45) is 0 Å². The van der Waals surface area contributed by atoms with Crippen LogP contribution in [0.15, 0.2) is 17.7 Å². The molecule has 2 amide bonds. The van der Waals surface area contributed by atoms with Crippen molar-refractivity contribution in [1.29, 1.82) is 0 Å². The average Bonchev–Trinajstić information content (AvgIpc) is 2.55. The summed E-state index contributed by atoms with van der Waals surface area (Å²) in [6.45, 7) is 9.83. The highest BCUT2D eigenvalue weighted by atomic mass is 35.5. The first-order valence-corrected chi connectivity index (χ1v) is 9.92. The average molecular weight is 406 g/mol. The molecule has 7 heteroatoms. The Bertz CT molecular complexity index is 841. The fourth-order valence-corrected chi connectivity index (χ4v) is 4.44. The van der Waals surface area contributed by atoms with Crippen LogP contribution in [0.2, 0.25) is 5.02 Å². The summed E-state index contributed by atoms with van der Waals surface area (Å²) >= 11 is 11.4. The van der Waals surface area contributed by atoms with Crippen molar-refractivity contribution in [3.63, 3.8) is 0 Å². The second-order valence-electron chi connectivity index (χ2n) is 7.80. The van der Waals surface area contributed by atoms with E-state index in [1.807, 2.05) is 12.1 Å². The monoisotopic (exact) mass is 405 g/mol. The van der Waals surface area contributed by atoms with Gasteiger partial charge in [-0.3, -0.25) is 20.2 Å². The summed E-state index contributed by atoms with van der Waals surface area (Å²) in [4.78, 5) is 26.7. The third kappa shape index (κ3) is 3.73. The van der Waals surface area contributed by atoms with Crippen molar-refractivity contribution in [1.82, 2.24) is 10.6 Å². The molecule has 1 atom stereocenters. The topological polar surface area (TPSA) is 61.4 Å². The highest BCUT2D eigenvalue weighted by Gasteiger charge is 2.36. The Hall–Kier alpha value is -1.92. The van der Waals surface area contributed by atoms with Crippen LogP contribution in [0.3, 0.4) is 0 Å². The number of carbonyl (C=O) groups excluding carboxylic acids is 2. The Morgan fingerprint density at radius 1 is 1.30 bits per heavy atom. The van der Waals surface area contributed by atoms with Gasteiger partial charge in [-0.1, -0.05) is 25.4 Å². The number of benzene rings is 1. The SMILES string of the molecule is CCCN1c2cc(Cl)c(C=C3C(=O)NC(=S)NC3=O)cc2C(C)CC1(C)C. The van der Waals surface area contributed by atoms with E-state index >= 15 is 0 Å². The molecule has 0 radical (unpaired) electrons. The molecule has 1 aromatic rings. The van der Waals surface area contributed by atoms with Gasteiger partial charge in [0.05, 0.1) is 0 Å². The summed E-state index contributed by atoms with van der Waals surface area (Å²) in [5.74, 6) is -0.683. The van der Waals surface area contributed by atoms with Crippen LogP contribution < -0.4 is 15.5 Å². The second kappa shape index (κ2) is 7.24. The molecule has 5 nitrogen and oxygen atoms in total. The molecule has 0 aromatic heterocycles. The zero-order valence-electron chi connectivity index (χ0n) is 16.0. The number of nitrogens with zero attached hydrogens (tertiary/aromatic N) is 1. The van der Waals surface area contributed by atoms with Gasteiger partial charge in [0.1, 0.15) is 5.57 Å². The van der Waals surface area contributed by atoms with Gasteiger partial charge in [-0.15, -0.1) is 0 Å². The van der Waals surface area contributed by atoms with E-state index in [1.54, 1.807) is 0 Å². The van der Waals surface area contributed by atoms with Gasteiger partial charge in [-0.25, -0.2) is 0 Å². The Morgan fingerprint density at radius 3 is 2.52 bits per heavy atom. The number of anilines is 1. The lowest BCUT2D eigenvalue weighted by molar-refractivity contribution is -0.123. The van der Waals surface area contributed by atoms with Crippen molar-refractivity contribution >= 4 is 52.5 Å². The van der Waals surface area contributed by atoms with Crippen LogP contribution in [0.25, 0.3) is 6.08 Å². The summed E-state index contributed by atoms with van der Waals surface area (Å²) in [6.07, 6.45) is 3.60. The fraction of sp³-hybridized carbons (Fsp3) is 0.450. The van der Waals surface area contributed by atoms with Crippen LogP contribution >= 0.6 is 23.8 Å². The number of hydrogen-bond donors (Lipinski definition) is 2. The molecule has 1 fully saturated rings. The lowest BCUT2D eigenvalue weighted by Gasteiger charge is -2.47. The number of nitrogens with one attached hydrogen (secondary N) is 2. The smallest absolute Gasteiger partial charge is 0.263 e. The number of carbonyl (C=O) groups is 2. The van der Waals surface area contributed by atoms with Crippen molar-refractivity contribution in [2.75, 3.05) is 11.4 Å². The summed E-state index contributed by atoms with van der Waals surface area (Å²) in [5.41, 5.74) is 3.02. The number of fused-ring (bicyclic) bond motifs is 1. The molecule has 2 aliphatic heterocycles. The van der Waals surface area contributed by atoms with Crippen LogP contribution in [0.1, 0.15) is 57.6 Å². The third-order valence-electron chi connectivity index (χ3n) is 5.19. The first-order valence-electron chi connectivity index (χ1n) is 9.13. The first-order chi connectivity index (χ1) is 12.6. The molecule has 0 bridgehead atoms. The van der Waals surface area contributed by atoms with E-state index in [0.717, 1.165) is 25.1 Å². The largest absolute Gasteiger partial charge is 0.366 e. The minimum atomic E-state index is -0.515. The van der Waals surface area contributed by atoms with E-state index in [-0.39, 0.29) is 16.2 Å². The van der Waals surface area contributed by atoms with Gasteiger partial charge in [-0.05, 0) is 74.2 Å². The molecular weight excluding hydrogens is 382 g/mol. The Labute approximate surface area is 170 Å². The van der Waals surface area contributed by atoms with Crippen molar-refractivity contribution in [3.05, 3.63) is 33.9 Å². The lowest BCUT2D eigenvalue weighted by Crippen LogP contribution is -2.51. The van der Waals surface area contributed by atoms with E-state index < -0.39 is 11.8 Å². The third-order valence-corrected chi connectivity index (χ3v) is 5.73. The van der Waals surface area contributed by atoms with E-state index in [1.165, 1.54) is 11.6 Å². The van der Waals surface area contributed by atoms with Gasteiger partial charge in [0.15, 0.2) is 5.11 Å². The van der Waals surface area contributed by atoms with Gasteiger partial charge in [0.25, 0.3) is 11.8 Å². The van der Waals surface area contributed by atoms with Crippen LogP contribution in [-0.2, 0) is 9.59 Å². The maximum absolute atomic E-state index is 12.1. The zero-order chi connectivity index (χ0) is 19.9. The first kappa shape index (κ1) is 19.8. The lowest BCUT2D eigenvalue weighted by atomic mass is 9.79. The quantitative estimate of drug-likeness (QED) is 0.456. The molecule has 144 valence electrons. The minimum absolute atomic E-state index is 0.000318. The maximum Gasteiger partial charge on any atom is 0.263 e. The fourth-order valence-electron chi connectivity index (χ4n) is 4.04. The zero-order valence-corrected chi connectivity index (χ0v) is 17.6. The maximum atomic E-state index is 12.1. The van der Waals surface area contributed by atoms with E-state index in [2.05, 4.69) is 43.2 Å². The van der Waals surface area contributed by atoms with Crippen LogP contribution in [0.5, 0.6) is 0 Å². The van der Waals surface area contributed by atoms with Crippen LogP contribution in [0.4, 0.5) is 5.69 Å². The van der Waals surface area contributed by atoms with Gasteiger partial charge in [0.2, 0.25) is 0 Å². The Balaban J connectivity index is 2.08. The molecule has 1 unspecified atom stereocenters. The van der Waals surface area contributed by atoms with E-state index in [0.29, 0.717) is 16.5 Å². The molecule has 2 heterocycles. The van der Waals surface area contributed by atoms with Gasteiger partial charge in [-0.2, -0.15) is 0 Å². The highest BCUT2D eigenvalue weighted by Crippen LogP contribution is 2.45. The summed E-state index contributed by atoms with van der Waals surface area (Å²) in [6, 6.07) is 3.96. The minimum Gasteiger partial charge on any atom is -0.366 e. The number of hydrogen-bond acceptors (Lipinski definition) is 4. The number of thiocarbonyl (C=S) groups is 1. The van der Waals surface area contributed by atoms with Gasteiger partial charge < -0.3 is 4.90 Å². The van der Waals surface area contributed by atoms with Gasteiger partial charge in [0, 0.05) is 22.8 Å². The normalized spacial score (nSPS) is 21.5. The molecule has 0 saturated carbocycles. The summed E-state index contributed by atoms with van der Waals surface area (Å²) in [5, 5.41) is 5.43. The van der Waals surface area contributed by atoms with Crippen molar-refractivity contribution < 1.29 is 9.59 Å². The second-order valence-corrected chi connectivity index (χ2v) is 8.61. The number of halogens is 1. The molecule has 27 heavy (non-hydrogen) atoms. The molecule has 0 spiro atoms. The number of amides is 2. The highest BCUT2D eigenvalue weighted by molar-refractivity contribution is 7.80. The van der Waals surface area contributed by atoms with E-state index in [9.17, 15) is 9.59 Å². The van der Waals surface area contributed by atoms with Gasteiger partial charge >= 0.3 is 0 Å². The molecule has 0 aliphatic carbocycles.